The maximum Gasteiger partial charge on any atom is 0.195 e. The van der Waals surface area contributed by atoms with Gasteiger partial charge in [-0.2, -0.15) is 0 Å². The number of hydrogen-bond acceptors (Lipinski definition) is 1. The molecule has 0 heterocycles. The second-order valence-electron chi connectivity index (χ2n) is 7.85. The molecular formula is C28H19F5O. The van der Waals surface area contributed by atoms with Crippen LogP contribution in [-0.2, 0) is 24.2 Å². The van der Waals surface area contributed by atoms with Crippen molar-refractivity contribution < 1.29 is 26.7 Å². The molecule has 172 valence electrons. The Morgan fingerprint density at radius 1 is 0.676 bits per heavy atom. The molecule has 6 heteroatoms. The standard InChI is InChI=1S/C28H19F5O/c1-34-16-19-5-10-21(25(30)14-19)9-4-18-3-8-20(24(29)13-18)7-2-17-6-11-23-22(12-17)15-26(31)28(33)27(23)32/h3,5-6,8,10-15H,4,9,16H2,1H3. The first kappa shape index (κ1) is 23.5. The highest BCUT2D eigenvalue weighted by Gasteiger charge is 2.13. The Hall–Kier alpha value is -3.69. The number of halogens is 5. The van der Waals surface area contributed by atoms with Crippen LogP contribution in [-0.4, -0.2) is 7.11 Å². The van der Waals surface area contributed by atoms with Gasteiger partial charge in [0.25, 0.3) is 0 Å². The van der Waals surface area contributed by atoms with Gasteiger partial charge in [-0.25, -0.2) is 22.0 Å². The average Bonchev–Trinajstić information content (AvgIpc) is 2.81. The van der Waals surface area contributed by atoms with Gasteiger partial charge in [0, 0.05) is 18.1 Å². The SMILES string of the molecule is COCc1ccc(CCc2ccc(C#Cc3ccc4c(F)c(F)c(F)cc4c3)c(F)c2)c(F)c1. The molecule has 0 aliphatic carbocycles. The topological polar surface area (TPSA) is 9.23 Å². The van der Waals surface area contributed by atoms with Crippen LogP contribution in [0.15, 0.2) is 60.7 Å². The van der Waals surface area contributed by atoms with Crippen molar-refractivity contribution in [2.75, 3.05) is 7.11 Å². The second-order valence-corrected chi connectivity index (χ2v) is 7.85. The summed E-state index contributed by atoms with van der Waals surface area (Å²) in [7, 11) is 1.54. The summed E-state index contributed by atoms with van der Waals surface area (Å²) < 4.78 is 74.5. The van der Waals surface area contributed by atoms with E-state index in [0.717, 1.165) is 11.6 Å². The highest BCUT2D eigenvalue weighted by molar-refractivity contribution is 5.84. The first-order valence-corrected chi connectivity index (χ1v) is 10.5. The first-order valence-electron chi connectivity index (χ1n) is 10.5. The van der Waals surface area contributed by atoms with Crippen molar-refractivity contribution in [1.29, 1.82) is 0 Å². The Morgan fingerprint density at radius 3 is 2.18 bits per heavy atom. The van der Waals surface area contributed by atoms with E-state index in [0.29, 0.717) is 36.1 Å². The third-order valence-electron chi connectivity index (χ3n) is 5.46. The molecule has 0 fully saturated rings. The molecule has 0 saturated heterocycles. The molecule has 0 N–H and O–H groups in total. The van der Waals surface area contributed by atoms with Crippen LogP contribution in [0.25, 0.3) is 10.8 Å². The van der Waals surface area contributed by atoms with Crippen LogP contribution < -0.4 is 0 Å². The zero-order chi connectivity index (χ0) is 24.2. The van der Waals surface area contributed by atoms with Gasteiger partial charge in [-0.1, -0.05) is 36.1 Å². The molecule has 0 bridgehead atoms. The van der Waals surface area contributed by atoms with Crippen molar-refractivity contribution in [3.05, 3.63) is 118 Å². The minimum atomic E-state index is -1.53. The molecular weight excluding hydrogens is 447 g/mol. The number of methoxy groups -OCH3 is 1. The van der Waals surface area contributed by atoms with Gasteiger partial charge in [0.05, 0.1) is 12.2 Å². The maximum absolute atomic E-state index is 14.6. The van der Waals surface area contributed by atoms with Crippen LogP contribution in [0.4, 0.5) is 22.0 Å². The number of rotatable bonds is 5. The van der Waals surface area contributed by atoms with Crippen molar-refractivity contribution in [2.45, 2.75) is 19.4 Å². The molecule has 0 spiro atoms. The predicted molar refractivity (Wildman–Crippen MR) is 121 cm³/mol. The lowest BCUT2D eigenvalue weighted by atomic mass is 10.0. The third kappa shape index (κ3) is 5.11. The van der Waals surface area contributed by atoms with Crippen LogP contribution in [0.1, 0.15) is 27.8 Å². The Balaban J connectivity index is 1.49. The molecule has 0 aliphatic heterocycles. The fourth-order valence-electron chi connectivity index (χ4n) is 3.67. The molecule has 4 aromatic rings. The van der Waals surface area contributed by atoms with Crippen molar-refractivity contribution in [1.82, 2.24) is 0 Å². The van der Waals surface area contributed by atoms with Crippen molar-refractivity contribution in [3.63, 3.8) is 0 Å². The van der Waals surface area contributed by atoms with E-state index in [1.165, 1.54) is 36.4 Å². The molecule has 34 heavy (non-hydrogen) atoms. The van der Waals surface area contributed by atoms with E-state index in [1.807, 2.05) is 0 Å². The van der Waals surface area contributed by atoms with Crippen LogP contribution >= 0.6 is 0 Å². The van der Waals surface area contributed by atoms with Crippen LogP contribution in [0.5, 0.6) is 0 Å². The van der Waals surface area contributed by atoms with Crippen molar-refractivity contribution in [3.8, 4) is 11.8 Å². The third-order valence-corrected chi connectivity index (χ3v) is 5.46. The number of ether oxygens (including phenoxy) is 1. The summed E-state index contributed by atoms with van der Waals surface area (Å²) in [6, 6.07) is 14.6. The van der Waals surface area contributed by atoms with E-state index in [9.17, 15) is 22.0 Å². The molecule has 0 unspecified atom stereocenters. The largest absolute Gasteiger partial charge is 0.380 e. The number of fused-ring (bicyclic) bond motifs is 1. The van der Waals surface area contributed by atoms with E-state index in [1.54, 1.807) is 25.3 Å². The van der Waals surface area contributed by atoms with Gasteiger partial charge in [0.2, 0.25) is 0 Å². The minimum Gasteiger partial charge on any atom is -0.380 e. The summed E-state index contributed by atoms with van der Waals surface area (Å²) in [5, 5.41) is 0.0891. The Kier molecular flexibility index (Phi) is 6.95. The molecule has 0 saturated carbocycles. The van der Waals surface area contributed by atoms with Crippen LogP contribution in [0.3, 0.4) is 0 Å². The fourth-order valence-corrected chi connectivity index (χ4v) is 3.67. The smallest absolute Gasteiger partial charge is 0.195 e. The molecule has 1 nitrogen and oxygen atoms in total. The summed E-state index contributed by atoms with van der Waals surface area (Å²) in [6.45, 7) is 0.330. The van der Waals surface area contributed by atoms with Crippen LogP contribution in [0.2, 0.25) is 0 Å². The summed E-state index contributed by atoms with van der Waals surface area (Å²) in [5.41, 5.74) is 2.52. The lowest BCUT2D eigenvalue weighted by Gasteiger charge is -2.07. The van der Waals surface area contributed by atoms with Gasteiger partial charge in [-0.3, -0.25) is 0 Å². The monoisotopic (exact) mass is 466 g/mol. The summed E-state index contributed by atoms with van der Waals surface area (Å²) >= 11 is 0. The maximum atomic E-state index is 14.6. The van der Waals surface area contributed by atoms with E-state index < -0.39 is 23.3 Å². The molecule has 0 atom stereocenters. The van der Waals surface area contributed by atoms with Gasteiger partial charge >= 0.3 is 0 Å². The minimum absolute atomic E-state index is 0.0650. The van der Waals surface area contributed by atoms with Gasteiger partial charge in [-0.05, 0) is 71.3 Å². The van der Waals surface area contributed by atoms with Gasteiger partial charge in [0.1, 0.15) is 11.6 Å². The zero-order valence-corrected chi connectivity index (χ0v) is 18.2. The highest BCUT2D eigenvalue weighted by atomic mass is 19.2. The Labute approximate surface area is 193 Å². The van der Waals surface area contributed by atoms with Gasteiger partial charge < -0.3 is 4.74 Å². The second kappa shape index (κ2) is 10.1. The van der Waals surface area contributed by atoms with Crippen molar-refractivity contribution in [2.24, 2.45) is 0 Å². The van der Waals surface area contributed by atoms with Crippen LogP contribution in [0, 0.1) is 40.9 Å². The molecule has 4 rings (SSSR count). The van der Waals surface area contributed by atoms with E-state index in [-0.39, 0.29) is 22.2 Å². The number of aryl methyl sites for hydroxylation is 2. The van der Waals surface area contributed by atoms with Gasteiger partial charge in [-0.15, -0.1) is 0 Å². The average molecular weight is 466 g/mol. The molecule has 4 aromatic carbocycles. The lowest BCUT2D eigenvalue weighted by molar-refractivity contribution is 0.184. The van der Waals surface area contributed by atoms with E-state index in [4.69, 9.17) is 4.74 Å². The Morgan fingerprint density at radius 2 is 1.44 bits per heavy atom. The van der Waals surface area contributed by atoms with Crippen molar-refractivity contribution >= 4 is 10.8 Å². The fraction of sp³-hybridized carbons (Fsp3) is 0.143. The summed E-state index contributed by atoms with van der Waals surface area (Å²) in [5.74, 6) is 0.533. The Bertz CT molecular complexity index is 1430. The molecule has 0 aromatic heterocycles. The quantitative estimate of drug-likeness (QED) is 0.177. The highest BCUT2D eigenvalue weighted by Crippen LogP contribution is 2.24. The zero-order valence-electron chi connectivity index (χ0n) is 18.2. The lowest BCUT2D eigenvalue weighted by Crippen LogP contribution is -1.98. The van der Waals surface area contributed by atoms with E-state index >= 15 is 0 Å². The molecule has 0 aliphatic rings. The normalized spacial score (nSPS) is 10.9. The molecule has 0 radical (unpaired) electrons. The van der Waals surface area contributed by atoms with E-state index in [2.05, 4.69) is 11.8 Å². The summed E-state index contributed by atoms with van der Waals surface area (Å²) in [4.78, 5) is 0. The predicted octanol–water partition coefficient (Wildman–Crippen LogP) is 6.87. The summed E-state index contributed by atoms with van der Waals surface area (Å²) in [6.07, 6.45) is 0.859. The number of hydrogen-bond donors (Lipinski definition) is 0. The molecule has 0 amide bonds. The first-order chi connectivity index (χ1) is 16.4. The van der Waals surface area contributed by atoms with Gasteiger partial charge in [0.15, 0.2) is 17.5 Å². The number of benzene rings is 4.